The number of rotatable bonds is 8. The Morgan fingerprint density at radius 3 is 2.31 bits per heavy atom. The summed E-state index contributed by atoms with van der Waals surface area (Å²) < 4.78 is 13.8. The van der Waals surface area contributed by atoms with Crippen LogP contribution >= 0.6 is 0 Å². The van der Waals surface area contributed by atoms with Gasteiger partial charge < -0.3 is 14.8 Å². The van der Waals surface area contributed by atoms with Crippen LogP contribution in [0.1, 0.15) is 29.9 Å². The number of para-hydroxylation sites is 1. The highest BCUT2D eigenvalue weighted by atomic mass is 16.5. The molecule has 0 aliphatic rings. The molecule has 0 saturated carbocycles. The third kappa shape index (κ3) is 5.26. The van der Waals surface area contributed by atoms with Crippen molar-refractivity contribution in [1.29, 1.82) is 0 Å². The maximum atomic E-state index is 12.8. The number of anilines is 1. The van der Waals surface area contributed by atoms with Gasteiger partial charge in [-0.2, -0.15) is 0 Å². The Morgan fingerprint density at radius 2 is 1.69 bits per heavy atom. The molecular formula is C24H27N3O5. The number of aromatic nitrogens is 2. The zero-order chi connectivity index (χ0) is 23.3. The molecule has 0 aliphatic carbocycles. The molecule has 1 amide bonds. The maximum Gasteiger partial charge on any atom is 0.338 e. The number of carbonyl (C=O) groups excluding carboxylic acids is 2. The molecule has 1 N–H and O–H groups in total. The summed E-state index contributed by atoms with van der Waals surface area (Å²) in [6, 6.07) is 15.6. The van der Waals surface area contributed by atoms with Gasteiger partial charge in [0, 0.05) is 7.05 Å². The van der Waals surface area contributed by atoms with E-state index in [0.29, 0.717) is 35.2 Å². The van der Waals surface area contributed by atoms with Gasteiger partial charge in [-0.15, -0.1) is 0 Å². The molecule has 32 heavy (non-hydrogen) atoms. The van der Waals surface area contributed by atoms with Crippen LogP contribution in [0.4, 0.5) is 5.69 Å². The number of esters is 1. The average Bonchev–Trinajstić information content (AvgIpc) is 3.00. The Morgan fingerprint density at radius 1 is 1.03 bits per heavy atom. The lowest BCUT2D eigenvalue weighted by atomic mass is 10.2. The number of ether oxygens (including phenoxy) is 2. The van der Waals surface area contributed by atoms with Gasteiger partial charge in [-0.3, -0.25) is 14.3 Å². The first-order valence-corrected chi connectivity index (χ1v) is 10.3. The second kappa shape index (κ2) is 10.00. The minimum Gasteiger partial charge on any atom is -0.493 e. The van der Waals surface area contributed by atoms with Crippen LogP contribution in [-0.2, 0) is 16.6 Å². The Hall–Kier alpha value is -3.81. The van der Waals surface area contributed by atoms with Gasteiger partial charge in [0.15, 0.2) is 6.61 Å². The van der Waals surface area contributed by atoms with E-state index in [-0.39, 0.29) is 11.2 Å². The molecule has 0 aliphatic heterocycles. The van der Waals surface area contributed by atoms with Crippen molar-refractivity contribution < 1.29 is 19.1 Å². The molecule has 0 spiro atoms. The van der Waals surface area contributed by atoms with E-state index in [0.717, 1.165) is 0 Å². The SMILES string of the molecule is Cc1c(NC(=O)COC(=O)c2ccc(OCC(C)C)cc2)c(=O)n(-c2ccccc2)n1C. The lowest BCUT2D eigenvalue weighted by molar-refractivity contribution is -0.119. The van der Waals surface area contributed by atoms with Gasteiger partial charge >= 0.3 is 5.97 Å². The predicted octanol–water partition coefficient (Wildman–Crippen LogP) is 3.31. The van der Waals surface area contributed by atoms with E-state index >= 15 is 0 Å². The van der Waals surface area contributed by atoms with Gasteiger partial charge in [-0.05, 0) is 49.2 Å². The van der Waals surface area contributed by atoms with Crippen LogP contribution < -0.4 is 15.6 Å². The van der Waals surface area contributed by atoms with Crippen LogP contribution in [0.2, 0.25) is 0 Å². The van der Waals surface area contributed by atoms with Crippen LogP contribution in [0.5, 0.6) is 5.75 Å². The Bertz CT molecular complexity index is 1140. The number of carbonyl (C=O) groups is 2. The molecule has 0 saturated heterocycles. The van der Waals surface area contributed by atoms with Crippen LogP contribution in [0.15, 0.2) is 59.4 Å². The highest BCUT2D eigenvalue weighted by Crippen LogP contribution is 2.15. The number of nitrogens with one attached hydrogen (secondary N) is 1. The standard InChI is InChI=1S/C24H27N3O5/c1-16(2)14-31-20-12-10-18(11-13-20)24(30)32-15-21(28)25-22-17(3)26(4)27(23(22)29)19-8-6-5-7-9-19/h5-13,16H,14-15H2,1-4H3,(H,25,28). The Labute approximate surface area is 186 Å². The summed E-state index contributed by atoms with van der Waals surface area (Å²) in [7, 11) is 1.73. The largest absolute Gasteiger partial charge is 0.493 e. The van der Waals surface area contributed by atoms with E-state index in [1.807, 2.05) is 32.0 Å². The van der Waals surface area contributed by atoms with E-state index in [1.165, 1.54) is 4.68 Å². The van der Waals surface area contributed by atoms with Crippen molar-refractivity contribution in [3.63, 3.8) is 0 Å². The number of amides is 1. The van der Waals surface area contributed by atoms with Gasteiger partial charge in [0.2, 0.25) is 0 Å². The zero-order valence-corrected chi connectivity index (χ0v) is 18.6. The molecule has 1 heterocycles. The molecule has 3 rings (SSSR count). The molecule has 0 atom stereocenters. The second-order valence-electron chi connectivity index (χ2n) is 7.79. The minimum atomic E-state index is -0.637. The molecule has 3 aromatic rings. The molecule has 1 aromatic heterocycles. The third-order valence-electron chi connectivity index (χ3n) is 4.83. The first kappa shape index (κ1) is 22.9. The van der Waals surface area contributed by atoms with Crippen molar-refractivity contribution in [1.82, 2.24) is 9.36 Å². The minimum absolute atomic E-state index is 0.143. The lowest BCUT2D eigenvalue weighted by Gasteiger charge is -2.09. The fourth-order valence-corrected chi connectivity index (χ4v) is 3.05. The van der Waals surface area contributed by atoms with E-state index in [9.17, 15) is 14.4 Å². The van der Waals surface area contributed by atoms with Crippen LogP contribution in [-0.4, -0.2) is 34.5 Å². The van der Waals surface area contributed by atoms with Gasteiger partial charge in [0.25, 0.3) is 11.5 Å². The average molecular weight is 437 g/mol. The first-order chi connectivity index (χ1) is 15.3. The fourth-order valence-electron chi connectivity index (χ4n) is 3.05. The zero-order valence-electron chi connectivity index (χ0n) is 18.6. The summed E-state index contributed by atoms with van der Waals surface area (Å²) in [6.45, 7) is 5.89. The lowest BCUT2D eigenvalue weighted by Crippen LogP contribution is -2.25. The highest BCUT2D eigenvalue weighted by molar-refractivity contribution is 5.95. The molecule has 2 aromatic carbocycles. The molecular weight excluding hydrogens is 410 g/mol. The van der Waals surface area contributed by atoms with Crippen molar-refractivity contribution >= 4 is 17.6 Å². The third-order valence-corrected chi connectivity index (χ3v) is 4.83. The predicted molar refractivity (Wildman–Crippen MR) is 121 cm³/mol. The van der Waals surface area contributed by atoms with Crippen molar-refractivity contribution in [2.24, 2.45) is 13.0 Å². The van der Waals surface area contributed by atoms with Crippen LogP contribution in [0.25, 0.3) is 5.69 Å². The van der Waals surface area contributed by atoms with Gasteiger partial charge in [0.05, 0.1) is 23.6 Å². The fraction of sp³-hybridized carbons (Fsp3) is 0.292. The van der Waals surface area contributed by atoms with Crippen molar-refractivity contribution in [2.75, 3.05) is 18.5 Å². The summed E-state index contributed by atoms with van der Waals surface area (Å²) in [5, 5.41) is 2.56. The van der Waals surface area contributed by atoms with E-state index < -0.39 is 18.5 Å². The normalized spacial score (nSPS) is 10.8. The van der Waals surface area contributed by atoms with E-state index in [1.54, 1.807) is 55.1 Å². The van der Waals surface area contributed by atoms with Crippen LogP contribution in [0.3, 0.4) is 0 Å². The number of benzene rings is 2. The molecule has 168 valence electrons. The number of hydrogen-bond donors (Lipinski definition) is 1. The van der Waals surface area contributed by atoms with Crippen molar-refractivity contribution in [3.05, 3.63) is 76.2 Å². The summed E-state index contributed by atoms with van der Waals surface area (Å²) >= 11 is 0. The topological polar surface area (TPSA) is 91.6 Å². The molecule has 0 radical (unpaired) electrons. The van der Waals surface area contributed by atoms with Crippen molar-refractivity contribution in [2.45, 2.75) is 20.8 Å². The van der Waals surface area contributed by atoms with Crippen molar-refractivity contribution in [3.8, 4) is 11.4 Å². The number of hydrogen-bond acceptors (Lipinski definition) is 5. The molecule has 0 fully saturated rings. The second-order valence-corrected chi connectivity index (χ2v) is 7.79. The number of nitrogens with zero attached hydrogens (tertiary/aromatic N) is 2. The summed E-state index contributed by atoms with van der Waals surface area (Å²) in [5.41, 5.74) is 1.33. The Kier molecular flexibility index (Phi) is 7.14. The van der Waals surface area contributed by atoms with Gasteiger partial charge in [0.1, 0.15) is 11.4 Å². The molecule has 8 nitrogen and oxygen atoms in total. The van der Waals surface area contributed by atoms with Crippen LogP contribution in [0, 0.1) is 12.8 Å². The molecule has 0 bridgehead atoms. The molecule has 0 unspecified atom stereocenters. The van der Waals surface area contributed by atoms with Gasteiger partial charge in [-0.25, -0.2) is 9.48 Å². The smallest absolute Gasteiger partial charge is 0.338 e. The van der Waals surface area contributed by atoms with E-state index in [2.05, 4.69) is 5.32 Å². The highest BCUT2D eigenvalue weighted by Gasteiger charge is 2.19. The summed E-state index contributed by atoms with van der Waals surface area (Å²) in [6.07, 6.45) is 0. The van der Waals surface area contributed by atoms with E-state index in [4.69, 9.17) is 9.47 Å². The molecule has 8 heteroatoms. The summed E-state index contributed by atoms with van der Waals surface area (Å²) in [5.74, 6) is -0.186. The van der Waals surface area contributed by atoms with Gasteiger partial charge in [-0.1, -0.05) is 32.0 Å². The maximum absolute atomic E-state index is 12.8. The Balaban J connectivity index is 1.62. The monoisotopic (exact) mass is 437 g/mol. The first-order valence-electron chi connectivity index (χ1n) is 10.3. The quantitative estimate of drug-likeness (QED) is 0.546. The summed E-state index contributed by atoms with van der Waals surface area (Å²) in [4.78, 5) is 37.4.